The first-order valence-corrected chi connectivity index (χ1v) is 12.5. The SMILES string of the molecule is CCCCNC(=O)Nc1nc(CCCCCCCCCOc2cccc(N(C)C)c2)cc(=O)[nH]1. The standard InChI is InChI=1S/C26H41N5O3/c1-4-5-17-27-26(33)30-25-28-21(19-24(32)29-25)14-11-9-7-6-8-10-12-18-34-23-16-13-15-22(20-23)31(2)3/h13,15-16,19-20H,4-12,14,17-18H2,1-3H3,(H3,27,28,29,30,32,33). The average Bonchev–Trinajstić information content (AvgIpc) is 2.80. The summed E-state index contributed by atoms with van der Waals surface area (Å²) in [7, 11) is 4.06. The Balaban J connectivity index is 1.55. The predicted molar refractivity (Wildman–Crippen MR) is 139 cm³/mol. The number of H-pyrrole nitrogens is 1. The molecule has 1 aromatic carbocycles. The van der Waals surface area contributed by atoms with E-state index in [1.807, 2.05) is 26.2 Å². The van der Waals surface area contributed by atoms with Gasteiger partial charge in [0.1, 0.15) is 5.75 Å². The number of benzene rings is 1. The highest BCUT2D eigenvalue weighted by molar-refractivity contribution is 5.87. The average molecular weight is 472 g/mol. The van der Waals surface area contributed by atoms with E-state index in [1.54, 1.807) is 0 Å². The fourth-order valence-electron chi connectivity index (χ4n) is 3.56. The molecule has 0 aliphatic carbocycles. The molecule has 0 radical (unpaired) electrons. The van der Waals surface area contributed by atoms with Crippen molar-refractivity contribution in [3.05, 3.63) is 46.4 Å². The van der Waals surface area contributed by atoms with Crippen LogP contribution in [0.5, 0.6) is 5.75 Å². The van der Waals surface area contributed by atoms with E-state index in [0.717, 1.165) is 56.6 Å². The van der Waals surface area contributed by atoms with Crippen LogP contribution < -0.4 is 25.8 Å². The van der Waals surface area contributed by atoms with Crippen molar-refractivity contribution in [1.82, 2.24) is 15.3 Å². The Morgan fingerprint density at radius 3 is 2.50 bits per heavy atom. The number of hydrogen-bond donors (Lipinski definition) is 3. The van der Waals surface area contributed by atoms with Crippen molar-refractivity contribution in [1.29, 1.82) is 0 Å². The van der Waals surface area contributed by atoms with Gasteiger partial charge < -0.3 is 15.0 Å². The van der Waals surface area contributed by atoms with Crippen LogP contribution in [0.15, 0.2) is 35.1 Å². The number of rotatable bonds is 16. The molecule has 0 saturated carbocycles. The molecule has 8 nitrogen and oxygen atoms in total. The Bertz CT molecular complexity index is 913. The molecule has 188 valence electrons. The van der Waals surface area contributed by atoms with Crippen LogP contribution in [0.3, 0.4) is 0 Å². The summed E-state index contributed by atoms with van der Waals surface area (Å²) in [5.41, 5.74) is 1.61. The molecule has 0 unspecified atom stereocenters. The maximum Gasteiger partial charge on any atom is 0.321 e. The number of aromatic nitrogens is 2. The van der Waals surface area contributed by atoms with Gasteiger partial charge in [0.25, 0.3) is 5.56 Å². The molecule has 0 saturated heterocycles. The van der Waals surface area contributed by atoms with Gasteiger partial charge in [0.05, 0.1) is 6.61 Å². The van der Waals surface area contributed by atoms with Gasteiger partial charge in [-0.2, -0.15) is 0 Å². The van der Waals surface area contributed by atoms with Gasteiger partial charge in [-0.1, -0.05) is 51.5 Å². The van der Waals surface area contributed by atoms with E-state index in [4.69, 9.17) is 4.74 Å². The number of aromatic amines is 1. The van der Waals surface area contributed by atoms with Gasteiger partial charge in [-0.25, -0.2) is 9.78 Å². The van der Waals surface area contributed by atoms with Gasteiger partial charge in [-0.15, -0.1) is 0 Å². The van der Waals surface area contributed by atoms with Gasteiger partial charge in [0, 0.05) is 44.2 Å². The van der Waals surface area contributed by atoms with E-state index in [9.17, 15) is 9.59 Å². The minimum atomic E-state index is -0.346. The molecule has 0 atom stereocenters. The van der Waals surface area contributed by atoms with Crippen LogP contribution >= 0.6 is 0 Å². The molecule has 0 bridgehead atoms. The van der Waals surface area contributed by atoms with E-state index < -0.39 is 0 Å². The number of aryl methyl sites for hydroxylation is 1. The second-order valence-corrected chi connectivity index (χ2v) is 8.78. The zero-order valence-electron chi connectivity index (χ0n) is 21.0. The highest BCUT2D eigenvalue weighted by Crippen LogP contribution is 2.19. The molecule has 1 aromatic heterocycles. The summed E-state index contributed by atoms with van der Waals surface area (Å²) >= 11 is 0. The Labute approximate surface area is 203 Å². The van der Waals surface area contributed by atoms with Crippen molar-refractivity contribution < 1.29 is 9.53 Å². The molecule has 2 rings (SSSR count). The fraction of sp³-hybridized carbons (Fsp3) is 0.577. The van der Waals surface area contributed by atoms with E-state index in [0.29, 0.717) is 12.2 Å². The maximum atomic E-state index is 11.9. The van der Waals surface area contributed by atoms with Crippen molar-refractivity contribution >= 4 is 17.7 Å². The van der Waals surface area contributed by atoms with E-state index in [2.05, 4.69) is 44.6 Å². The number of nitrogens with zero attached hydrogens (tertiary/aromatic N) is 2. The van der Waals surface area contributed by atoms with Crippen LogP contribution in [0.4, 0.5) is 16.4 Å². The van der Waals surface area contributed by atoms with Crippen molar-refractivity contribution in [3.63, 3.8) is 0 Å². The first kappa shape index (κ1) is 27.2. The highest BCUT2D eigenvalue weighted by Gasteiger charge is 2.06. The lowest BCUT2D eigenvalue weighted by atomic mass is 10.1. The lowest BCUT2D eigenvalue weighted by molar-refractivity contribution is 0.252. The number of urea groups is 1. The molecule has 34 heavy (non-hydrogen) atoms. The zero-order valence-corrected chi connectivity index (χ0v) is 21.0. The number of carbonyl (C=O) groups is 1. The van der Waals surface area contributed by atoms with Crippen LogP contribution in [-0.2, 0) is 6.42 Å². The lowest BCUT2D eigenvalue weighted by Gasteiger charge is -2.14. The fourth-order valence-corrected chi connectivity index (χ4v) is 3.56. The summed E-state index contributed by atoms with van der Waals surface area (Å²) in [5.74, 6) is 1.13. The molecular formula is C26H41N5O3. The first-order valence-electron chi connectivity index (χ1n) is 12.5. The Morgan fingerprint density at radius 1 is 1.03 bits per heavy atom. The largest absolute Gasteiger partial charge is 0.494 e. The third-order valence-electron chi connectivity index (χ3n) is 5.52. The van der Waals surface area contributed by atoms with Gasteiger partial charge in [-0.3, -0.25) is 15.1 Å². The summed E-state index contributed by atoms with van der Waals surface area (Å²) in [4.78, 5) is 32.7. The van der Waals surface area contributed by atoms with Crippen molar-refractivity contribution in [2.75, 3.05) is 37.5 Å². The molecule has 3 N–H and O–H groups in total. The van der Waals surface area contributed by atoms with Gasteiger partial charge in [0.2, 0.25) is 5.95 Å². The van der Waals surface area contributed by atoms with Crippen LogP contribution in [0.25, 0.3) is 0 Å². The normalized spacial score (nSPS) is 10.7. The molecule has 8 heteroatoms. The molecule has 0 aliphatic heterocycles. The van der Waals surface area contributed by atoms with Crippen molar-refractivity contribution in [2.24, 2.45) is 0 Å². The number of nitrogens with one attached hydrogen (secondary N) is 3. The third-order valence-corrected chi connectivity index (χ3v) is 5.52. The summed E-state index contributed by atoms with van der Waals surface area (Å²) in [6, 6.07) is 9.33. The van der Waals surface area contributed by atoms with Crippen molar-refractivity contribution in [2.45, 2.75) is 71.1 Å². The van der Waals surface area contributed by atoms with Crippen LogP contribution in [0, 0.1) is 0 Å². The Hall–Kier alpha value is -3.03. The van der Waals surface area contributed by atoms with Crippen LogP contribution in [0.1, 0.15) is 70.4 Å². The van der Waals surface area contributed by atoms with E-state index >= 15 is 0 Å². The van der Waals surface area contributed by atoms with Gasteiger partial charge in [-0.05, 0) is 37.8 Å². The second kappa shape index (κ2) is 15.7. The molecule has 0 spiro atoms. The van der Waals surface area contributed by atoms with E-state index in [-0.39, 0.29) is 17.5 Å². The Morgan fingerprint density at radius 2 is 1.76 bits per heavy atom. The number of hydrogen-bond acceptors (Lipinski definition) is 5. The summed E-state index contributed by atoms with van der Waals surface area (Å²) in [6.45, 7) is 3.41. The summed E-state index contributed by atoms with van der Waals surface area (Å²) in [5, 5.41) is 5.35. The number of carbonyl (C=O) groups excluding carboxylic acids is 1. The van der Waals surface area contributed by atoms with Gasteiger partial charge in [0.15, 0.2) is 0 Å². The number of anilines is 2. The third kappa shape index (κ3) is 11.2. The highest BCUT2D eigenvalue weighted by atomic mass is 16.5. The second-order valence-electron chi connectivity index (χ2n) is 8.78. The Kier molecular flexibility index (Phi) is 12.6. The number of unbranched alkanes of at least 4 members (excludes halogenated alkanes) is 7. The lowest BCUT2D eigenvalue weighted by Crippen LogP contribution is -2.31. The zero-order chi connectivity index (χ0) is 24.6. The van der Waals surface area contributed by atoms with Crippen LogP contribution in [-0.4, -0.2) is 43.2 Å². The quantitative estimate of drug-likeness (QED) is 0.296. The van der Waals surface area contributed by atoms with E-state index in [1.165, 1.54) is 31.7 Å². The minimum absolute atomic E-state index is 0.201. The topological polar surface area (TPSA) is 99.3 Å². The predicted octanol–water partition coefficient (Wildman–Crippen LogP) is 5.11. The smallest absolute Gasteiger partial charge is 0.321 e. The maximum absolute atomic E-state index is 11.9. The number of amides is 2. The monoisotopic (exact) mass is 471 g/mol. The summed E-state index contributed by atoms with van der Waals surface area (Å²) in [6.07, 6.45) is 10.5. The van der Waals surface area contributed by atoms with Crippen LogP contribution in [0.2, 0.25) is 0 Å². The summed E-state index contributed by atoms with van der Waals surface area (Å²) < 4.78 is 5.87. The molecular weight excluding hydrogens is 430 g/mol. The minimum Gasteiger partial charge on any atom is -0.494 e. The molecule has 1 heterocycles. The van der Waals surface area contributed by atoms with Gasteiger partial charge >= 0.3 is 6.03 Å². The first-order chi connectivity index (χ1) is 16.5. The molecule has 2 amide bonds. The molecule has 0 aliphatic rings. The molecule has 0 fully saturated rings. The number of ether oxygens (including phenoxy) is 1. The van der Waals surface area contributed by atoms with Crippen molar-refractivity contribution in [3.8, 4) is 5.75 Å². The molecule has 2 aromatic rings.